The van der Waals surface area contributed by atoms with E-state index in [1.807, 2.05) is 6.92 Å². The number of aryl methyl sites for hydroxylation is 1. The number of carbonyl (C=O) groups is 1. The Hall–Kier alpha value is -1.61. The number of hydrogen-bond acceptors (Lipinski definition) is 6. The fourth-order valence-corrected chi connectivity index (χ4v) is 2.73. The van der Waals surface area contributed by atoms with Crippen molar-refractivity contribution in [1.82, 2.24) is 20.1 Å². The van der Waals surface area contributed by atoms with E-state index >= 15 is 0 Å². The first-order valence-electron chi connectivity index (χ1n) is 6.65. The maximum Gasteiger partial charge on any atom is 0.339 e. The quantitative estimate of drug-likeness (QED) is 0.328. The van der Waals surface area contributed by atoms with Crippen molar-refractivity contribution in [3.63, 3.8) is 0 Å². The molecule has 0 spiro atoms. The Balaban J connectivity index is 2.58. The Labute approximate surface area is 126 Å². The minimum atomic E-state index is -0.801. The minimum Gasteiger partial charge on any atom is -0.368 e. The van der Waals surface area contributed by atoms with Crippen LogP contribution in [0.5, 0.6) is 0 Å². The van der Waals surface area contributed by atoms with Crippen LogP contribution in [0.15, 0.2) is 14.7 Å². The molecule has 0 aliphatic carbocycles. The van der Waals surface area contributed by atoms with Crippen LogP contribution >= 0.6 is 11.8 Å². The zero-order chi connectivity index (χ0) is 16.0. The summed E-state index contributed by atoms with van der Waals surface area (Å²) in [5.41, 5.74) is 3.13. The van der Waals surface area contributed by atoms with Gasteiger partial charge in [-0.3, -0.25) is 24.2 Å². The number of H-pyrrole nitrogens is 1. The first-order chi connectivity index (χ1) is 9.80. The summed E-state index contributed by atoms with van der Waals surface area (Å²) in [5.74, 6) is 0.268. The molecule has 1 rings (SSSR count). The predicted molar refractivity (Wildman–Crippen MR) is 81.3 cm³/mol. The Bertz CT molecular complexity index is 612. The van der Waals surface area contributed by atoms with Crippen LogP contribution in [0.1, 0.15) is 26.7 Å². The monoisotopic (exact) mass is 315 g/mol. The van der Waals surface area contributed by atoms with Crippen LogP contribution in [0.3, 0.4) is 0 Å². The van der Waals surface area contributed by atoms with E-state index in [-0.39, 0.29) is 5.91 Å². The number of nitrogens with one attached hydrogen (secondary N) is 2. The van der Waals surface area contributed by atoms with Gasteiger partial charge in [-0.25, -0.2) is 0 Å². The van der Waals surface area contributed by atoms with E-state index in [0.717, 1.165) is 0 Å². The summed E-state index contributed by atoms with van der Waals surface area (Å²) in [4.78, 5) is 37.4. The minimum absolute atomic E-state index is 0.385. The van der Waals surface area contributed by atoms with Crippen LogP contribution < -0.4 is 22.2 Å². The molecular weight excluding hydrogens is 294 g/mol. The van der Waals surface area contributed by atoms with Gasteiger partial charge >= 0.3 is 11.1 Å². The number of aromatic nitrogens is 3. The highest BCUT2D eigenvalue weighted by molar-refractivity contribution is 7.99. The van der Waals surface area contributed by atoms with Crippen molar-refractivity contribution in [3.05, 3.63) is 20.7 Å². The molecule has 21 heavy (non-hydrogen) atoms. The normalized spacial score (nSPS) is 13.9. The molecule has 0 saturated carbocycles. The maximum atomic E-state index is 11.5. The fraction of sp³-hybridized carbons (Fsp3) is 0.667. The van der Waals surface area contributed by atoms with E-state index in [2.05, 4.69) is 15.4 Å². The fourth-order valence-electron chi connectivity index (χ4n) is 1.87. The second kappa shape index (κ2) is 7.41. The Morgan fingerprint density at radius 3 is 2.76 bits per heavy atom. The number of thioether (sulfide) groups is 1. The van der Waals surface area contributed by atoms with Gasteiger partial charge < -0.3 is 11.1 Å². The lowest BCUT2D eigenvalue weighted by Crippen LogP contribution is -2.53. The van der Waals surface area contributed by atoms with Crippen LogP contribution in [0, 0.1) is 0 Å². The molecule has 1 aromatic heterocycles. The van der Waals surface area contributed by atoms with Gasteiger partial charge in [0.05, 0.1) is 5.54 Å². The first-order valence-corrected chi connectivity index (χ1v) is 7.64. The van der Waals surface area contributed by atoms with Crippen molar-refractivity contribution in [3.8, 4) is 0 Å². The zero-order valence-electron chi connectivity index (χ0n) is 12.4. The molecule has 0 aliphatic rings. The Morgan fingerprint density at radius 2 is 2.19 bits per heavy atom. The number of carbonyl (C=O) groups excluding carboxylic acids is 1. The SMILES string of the molecule is CCNC(C)(CCCSc1nc(=O)c(=O)[nH]n1C)C(N)=O. The molecule has 4 N–H and O–H groups in total. The molecule has 1 heterocycles. The highest BCUT2D eigenvalue weighted by Crippen LogP contribution is 2.18. The van der Waals surface area contributed by atoms with E-state index in [9.17, 15) is 14.4 Å². The van der Waals surface area contributed by atoms with Crippen LogP contribution in [-0.2, 0) is 11.8 Å². The van der Waals surface area contributed by atoms with Gasteiger partial charge in [0.2, 0.25) is 5.91 Å². The lowest BCUT2D eigenvalue weighted by atomic mass is 9.95. The molecule has 0 aliphatic heterocycles. The summed E-state index contributed by atoms with van der Waals surface area (Å²) < 4.78 is 1.41. The summed E-state index contributed by atoms with van der Waals surface area (Å²) in [5, 5.41) is 5.90. The van der Waals surface area contributed by atoms with Gasteiger partial charge in [0.25, 0.3) is 0 Å². The Morgan fingerprint density at radius 1 is 1.52 bits per heavy atom. The standard InChI is InChI=1S/C12H21N5O3S/c1-4-14-12(2,10(13)20)6-5-7-21-11-15-8(18)9(19)16-17(11)3/h14H,4-7H2,1-3H3,(H2,13,20)(H,16,19). The largest absolute Gasteiger partial charge is 0.368 e. The maximum absolute atomic E-state index is 11.5. The number of hydrogen-bond donors (Lipinski definition) is 3. The summed E-state index contributed by atoms with van der Waals surface area (Å²) >= 11 is 1.34. The van der Waals surface area contributed by atoms with Crippen molar-refractivity contribution < 1.29 is 4.79 Å². The van der Waals surface area contributed by atoms with Crippen molar-refractivity contribution in [2.45, 2.75) is 37.4 Å². The molecule has 1 aromatic rings. The van der Waals surface area contributed by atoms with E-state index in [0.29, 0.717) is 30.3 Å². The predicted octanol–water partition coefficient (Wildman–Crippen LogP) is -0.806. The van der Waals surface area contributed by atoms with Crippen molar-refractivity contribution >= 4 is 17.7 Å². The van der Waals surface area contributed by atoms with Gasteiger partial charge in [0.15, 0.2) is 5.16 Å². The van der Waals surface area contributed by atoms with Crippen LogP contribution in [-0.4, -0.2) is 38.5 Å². The molecule has 9 heteroatoms. The lowest BCUT2D eigenvalue weighted by molar-refractivity contribution is -0.124. The summed E-state index contributed by atoms with van der Waals surface area (Å²) in [6, 6.07) is 0. The molecule has 0 bridgehead atoms. The van der Waals surface area contributed by atoms with E-state index < -0.39 is 16.7 Å². The average molecular weight is 315 g/mol. The van der Waals surface area contributed by atoms with Crippen LogP contribution in [0.4, 0.5) is 0 Å². The van der Waals surface area contributed by atoms with Gasteiger partial charge in [-0.05, 0) is 26.3 Å². The van der Waals surface area contributed by atoms with E-state index in [1.54, 1.807) is 14.0 Å². The number of nitrogens with zero attached hydrogens (tertiary/aromatic N) is 2. The summed E-state index contributed by atoms with van der Waals surface area (Å²) in [6.45, 7) is 4.34. The second-order valence-electron chi connectivity index (χ2n) is 4.88. The molecule has 0 fully saturated rings. The molecule has 1 unspecified atom stereocenters. The smallest absolute Gasteiger partial charge is 0.339 e. The first kappa shape index (κ1) is 17.4. The number of aromatic amines is 1. The average Bonchev–Trinajstić information content (AvgIpc) is 2.40. The van der Waals surface area contributed by atoms with E-state index in [4.69, 9.17) is 5.73 Å². The second-order valence-corrected chi connectivity index (χ2v) is 5.94. The topological polar surface area (TPSA) is 123 Å². The molecule has 0 aromatic carbocycles. The third-order valence-corrected chi connectivity index (χ3v) is 4.23. The number of nitrogens with two attached hydrogens (primary N) is 1. The molecule has 1 amide bonds. The highest BCUT2D eigenvalue weighted by Gasteiger charge is 2.28. The van der Waals surface area contributed by atoms with Crippen molar-refractivity contribution in [1.29, 1.82) is 0 Å². The van der Waals surface area contributed by atoms with Crippen molar-refractivity contribution in [2.24, 2.45) is 12.8 Å². The molecule has 0 radical (unpaired) electrons. The molecule has 118 valence electrons. The third kappa shape index (κ3) is 4.71. The van der Waals surface area contributed by atoms with Gasteiger partial charge in [0.1, 0.15) is 0 Å². The van der Waals surface area contributed by atoms with Crippen LogP contribution in [0.25, 0.3) is 0 Å². The Kier molecular flexibility index (Phi) is 6.16. The van der Waals surface area contributed by atoms with Crippen LogP contribution in [0.2, 0.25) is 0 Å². The molecule has 8 nitrogen and oxygen atoms in total. The summed E-state index contributed by atoms with van der Waals surface area (Å²) in [7, 11) is 1.61. The third-order valence-electron chi connectivity index (χ3n) is 3.11. The number of amides is 1. The molecular formula is C12H21N5O3S. The van der Waals surface area contributed by atoms with Crippen molar-refractivity contribution in [2.75, 3.05) is 12.3 Å². The molecule has 1 atom stereocenters. The summed E-state index contributed by atoms with van der Waals surface area (Å²) in [6.07, 6.45) is 1.30. The van der Waals surface area contributed by atoms with E-state index in [1.165, 1.54) is 16.4 Å². The lowest BCUT2D eigenvalue weighted by Gasteiger charge is -2.26. The molecule has 0 saturated heterocycles. The van der Waals surface area contributed by atoms with Gasteiger partial charge in [-0.1, -0.05) is 18.7 Å². The zero-order valence-corrected chi connectivity index (χ0v) is 13.2. The number of rotatable bonds is 8. The van der Waals surface area contributed by atoms with Gasteiger partial charge in [-0.2, -0.15) is 4.98 Å². The number of likely N-dealkylation sites (N-methyl/N-ethyl adjacent to an activating group) is 1. The highest BCUT2D eigenvalue weighted by atomic mass is 32.2. The van der Waals surface area contributed by atoms with Gasteiger partial charge in [-0.15, -0.1) is 0 Å². The van der Waals surface area contributed by atoms with Gasteiger partial charge in [0, 0.05) is 12.8 Å². The number of primary amides is 1.